The Morgan fingerprint density at radius 2 is 0.604 bits per heavy atom. The molecule has 1 aromatic heterocycles. The molecule has 9 rings (SSSR count). The summed E-state index contributed by atoms with van der Waals surface area (Å²) in [5.41, 5.74) is 9.80. The van der Waals surface area contributed by atoms with Crippen LogP contribution in [-0.4, -0.2) is 9.97 Å². The molecule has 0 spiro atoms. The zero-order chi connectivity index (χ0) is 31.9. The molecule has 224 valence electrons. The zero-order valence-corrected chi connectivity index (χ0v) is 26.2. The van der Waals surface area contributed by atoms with Gasteiger partial charge >= 0.3 is 0 Å². The van der Waals surface area contributed by atoms with Crippen molar-refractivity contribution in [3.63, 3.8) is 0 Å². The van der Waals surface area contributed by atoms with Gasteiger partial charge in [-0.15, -0.1) is 0 Å². The molecule has 0 unspecified atom stereocenters. The number of hydrogen-bond donors (Lipinski definition) is 0. The average Bonchev–Trinajstić information content (AvgIpc) is 3.18. The van der Waals surface area contributed by atoms with Crippen LogP contribution in [0.5, 0.6) is 0 Å². The fourth-order valence-corrected chi connectivity index (χ4v) is 6.94. The van der Waals surface area contributed by atoms with Gasteiger partial charge in [-0.25, -0.2) is 9.97 Å². The van der Waals surface area contributed by atoms with E-state index < -0.39 is 0 Å². The minimum absolute atomic E-state index is 0.713. The summed E-state index contributed by atoms with van der Waals surface area (Å²) in [6.07, 6.45) is 0. The lowest BCUT2D eigenvalue weighted by atomic mass is 9.87. The maximum absolute atomic E-state index is 5.05. The van der Waals surface area contributed by atoms with E-state index in [1.54, 1.807) is 0 Å². The van der Waals surface area contributed by atoms with Gasteiger partial charge in [0.2, 0.25) is 0 Å². The summed E-state index contributed by atoms with van der Waals surface area (Å²) in [6.45, 7) is 0. The van der Waals surface area contributed by atoms with E-state index in [2.05, 4.69) is 146 Å². The number of hydrogen-bond acceptors (Lipinski definition) is 2. The van der Waals surface area contributed by atoms with Crippen LogP contribution in [0, 0.1) is 0 Å². The van der Waals surface area contributed by atoms with Crippen molar-refractivity contribution in [2.45, 2.75) is 0 Å². The molecule has 2 nitrogen and oxygen atoms in total. The predicted molar refractivity (Wildman–Crippen MR) is 202 cm³/mol. The SMILES string of the molecule is c1ccc(-c2cc(-c3ccccc3)nc(-c3ccc(-c4cc5c6ccccc6c(-c6ccccc6)cc5c5ccccc45)cc3)n2)cc1. The third-order valence-electron chi connectivity index (χ3n) is 9.29. The van der Waals surface area contributed by atoms with Crippen LogP contribution in [0.3, 0.4) is 0 Å². The van der Waals surface area contributed by atoms with Gasteiger partial charge in [0.05, 0.1) is 11.4 Å². The van der Waals surface area contributed by atoms with Gasteiger partial charge in [0.25, 0.3) is 0 Å². The summed E-state index contributed by atoms with van der Waals surface area (Å²) in [7, 11) is 0. The second kappa shape index (κ2) is 11.8. The van der Waals surface area contributed by atoms with Crippen LogP contribution in [0.25, 0.3) is 88.5 Å². The van der Waals surface area contributed by atoms with Gasteiger partial charge in [0, 0.05) is 16.7 Å². The molecule has 0 saturated heterocycles. The third kappa shape index (κ3) is 4.92. The van der Waals surface area contributed by atoms with Crippen LogP contribution in [0.1, 0.15) is 0 Å². The molecule has 0 bridgehead atoms. The molecule has 0 amide bonds. The molecule has 0 fully saturated rings. The van der Waals surface area contributed by atoms with Crippen LogP contribution in [0.15, 0.2) is 182 Å². The van der Waals surface area contributed by atoms with Gasteiger partial charge in [0.1, 0.15) is 0 Å². The monoisotopic (exact) mass is 610 g/mol. The van der Waals surface area contributed by atoms with Gasteiger partial charge in [-0.2, -0.15) is 0 Å². The molecule has 0 aliphatic rings. The maximum atomic E-state index is 5.05. The standard InChI is InChI=1S/C46H30N2/c1-4-14-31(15-5-1)40-28-42-39-23-13-11-21-37(39)41(29-43(42)38-22-12-10-20-36(38)40)32-24-26-35(27-25-32)46-47-44(33-16-6-2-7-17-33)30-45(48-46)34-18-8-3-9-19-34/h1-30H. The smallest absolute Gasteiger partial charge is 0.160 e. The highest BCUT2D eigenvalue weighted by Gasteiger charge is 2.15. The van der Waals surface area contributed by atoms with Crippen LogP contribution >= 0.6 is 0 Å². The second-order valence-corrected chi connectivity index (χ2v) is 12.2. The van der Waals surface area contributed by atoms with E-state index in [1.165, 1.54) is 49.0 Å². The molecule has 0 saturated carbocycles. The molecule has 0 aliphatic carbocycles. The molecule has 0 radical (unpaired) electrons. The van der Waals surface area contributed by atoms with Crippen molar-refractivity contribution in [2.75, 3.05) is 0 Å². The van der Waals surface area contributed by atoms with Crippen molar-refractivity contribution in [1.29, 1.82) is 0 Å². The Morgan fingerprint density at radius 3 is 1.06 bits per heavy atom. The molecule has 0 aliphatic heterocycles. The molecular weight excluding hydrogens is 581 g/mol. The van der Waals surface area contributed by atoms with Gasteiger partial charge < -0.3 is 0 Å². The fraction of sp³-hybridized carbons (Fsp3) is 0. The molecule has 0 atom stereocenters. The zero-order valence-electron chi connectivity index (χ0n) is 26.2. The third-order valence-corrected chi connectivity index (χ3v) is 9.29. The van der Waals surface area contributed by atoms with Crippen LogP contribution in [0.2, 0.25) is 0 Å². The highest BCUT2D eigenvalue weighted by Crippen LogP contribution is 2.42. The molecule has 2 heteroatoms. The Balaban J connectivity index is 1.21. The first-order valence-corrected chi connectivity index (χ1v) is 16.3. The molecule has 48 heavy (non-hydrogen) atoms. The van der Waals surface area contributed by atoms with Crippen molar-refractivity contribution in [3.8, 4) is 56.2 Å². The predicted octanol–water partition coefficient (Wildman–Crippen LogP) is 12.3. The van der Waals surface area contributed by atoms with Crippen molar-refractivity contribution < 1.29 is 0 Å². The number of benzene rings is 8. The highest BCUT2D eigenvalue weighted by atomic mass is 14.9. The Labute approximate surface area is 279 Å². The van der Waals surface area contributed by atoms with E-state index in [9.17, 15) is 0 Å². The Kier molecular flexibility index (Phi) is 6.84. The average molecular weight is 611 g/mol. The Morgan fingerprint density at radius 1 is 0.250 bits per heavy atom. The molecule has 9 aromatic rings. The van der Waals surface area contributed by atoms with E-state index in [0.717, 1.165) is 33.6 Å². The van der Waals surface area contributed by atoms with Crippen LogP contribution in [-0.2, 0) is 0 Å². The van der Waals surface area contributed by atoms with Crippen LogP contribution in [0.4, 0.5) is 0 Å². The summed E-state index contributed by atoms with van der Waals surface area (Å²) in [5.74, 6) is 0.713. The minimum atomic E-state index is 0.713. The first-order valence-electron chi connectivity index (χ1n) is 16.3. The lowest BCUT2D eigenvalue weighted by molar-refractivity contribution is 1.18. The maximum Gasteiger partial charge on any atom is 0.160 e. The highest BCUT2D eigenvalue weighted by molar-refractivity contribution is 6.23. The van der Waals surface area contributed by atoms with Gasteiger partial charge in [0.15, 0.2) is 5.82 Å². The topological polar surface area (TPSA) is 25.8 Å². The van der Waals surface area contributed by atoms with Crippen molar-refractivity contribution in [1.82, 2.24) is 9.97 Å². The van der Waals surface area contributed by atoms with Crippen LogP contribution < -0.4 is 0 Å². The first kappa shape index (κ1) is 27.9. The largest absolute Gasteiger partial charge is 0.228 e. The lowest BCUT2D eigenvalue weighted by Crippen LogP contribution is -1.96. The lowest BCUT2D eigenvalue weighted by Gasteiger charge is -2.16. The van der Waals surface area contributed by atoms with Gasteiger partial charge in [-0.1, -0.05) is 164 Å². The van der Waals surface area contributed by atoms with E-state index in [-0.39, 0.29) is 0 Å². The summed E-state index contributed by atoms with van der Waals surface area (Å²) in [6, 6.07) is 64.5. The van der Waals surface area contributed by atoms with E-state index in [0.29, 0.717) is 5.82 Å². The van der Waals surface area contributed by atoms with Crippen molar-refractivity contribution in [3.05, 3.63) is 182 Å². The van der Waals surface area contributed by atoms with E-state index in [4.69, 9.17) is 9.97 Å². The molecule has 0 N–H and O–H groups in total. The molecular formula is C46H30N2. The molecule has 1 heterocycles. The van der Waals surface area contributed by atoms with Crippen molar-refractivity contribution in [2.24, 2.45) is 0 Å². The Bertz CT molecular complexity index is 2520. The molecule has 8 aromatic carbocycles. The summed E-state index contributed by atoms with van der Waals surface area (Å²) in [4.78, 5) is 10.1. The Hall–Kier alpha value is -6.38. The quantitative estimate of drug-likeness (QED) is 0.181. The summed E-state index contributed by atoms with van der Waals surface area (Å²) in [5, 5.41) is 7.54. The summed E-state index contributed by atoms with van der Waals surface area (Å²) >= 11 is 0. The van der Waals surface area contributed by atoms with Gasteiger partial charge in [-0.3, -0.25) is 0 Å². The minimum Gasteiger partial charge on any atom is -0.228 e. The number of nitrogens with zero attached hydrogens (tertiary/aromatic N) is 2. The number of fused-ring (bicyclic) bond motifs is 5. The first-order chi connectivity index (χ1) is 23.8. The van der Waals surface area contributed by atoms with Crippen molar-refractivity contribution >= 4 is 32.3 Å². The number of rotatable bonds is 5. The van der Waals surface area contributed by atoms with E-state index >= 15 is 0 Å². The normalized spacial score (nSPS) is 11.3. The van der Waals surface area contributed by atoms with E-state index in [1.807, 2.05) is 36.4 Å². The fourth-order valence-electron chi connectivity index (χ4n) is 6.94. The van der Waals surface area contributed by atoms with Gasteiger partial charge in [-0.05, 0) is 72.8 Å². The second-order valence-electron chi connectivity index (χ2n) is 12.2. The summed E-state index contributed by atoms with van der Waals surface area (Å²) < 4.78 is 0. The number of aromatic nitrogens is 2.